The van der Waals surface area contributed by atoms with E-state index in [0.29, 0.717) is 13.1 Å². The molecule has 2 amide bonds. The van der Waals surface area contributed by atoms with Gasteiger partial charge in [-0.25, -0.2) is 0 Å². The minimum atomic E-state index is -0.136. The largest absolute Gasteiger partial charge is 0.342 e. The molecule has 2 aromatic rings. The third kappa shape index (κ3) is 5.43. The van der Waals surface area contributed by atoms with Crippen LogP contribution in [0.1, 0.15) is 13.8 Å². The van der Waals surface area contributed by atoms with Crippen molar-refractivity contribution in [2.45, 2.75) is 13.8 Å². The first kappa shape index (κ1) is 19.7. The Kier molecular flexibility index (Phi) is 7.36. The fourth-order valence-electron chi connectivity index (χ4n) is 2.86. The molecule has 0 aliphatic carbocycles. The maximum absolute atomic E-state index is 12.4. The number of likely N-dealkylation sites (N-methyl/N-ethyl adjacent to an activating group) is 2. The van der Waals surface area contributed by atoms with Crippen molar-refractivity contribution in [3.63, 3.8) is 0 Å². The van der Waals surface area contributed by atoms with Crippen molar-refractivity contribution < 1.29 is 9.59 Å². The quantitative estimate of drug-likeness (QED) is 0.793. The molecule has 1 N–H and O–H groups in total. The average Bonchev–Trinajstić information content (AvgIpc) is 2.63. The Morgan fingerprint density at radius 3 is 2.15 bits per heavy atom. The first-order valence-electron chi connectivity index (χ1n) is 8.95. The van der Waals surface area contributed by atoms with Gasteiger partial charge in [0, 0.05) is 24.3 Å². The van der Waals surface area contributed by atoms with Crippen LogP contribution in [0, 0.1) is 0 Å². The first-order valence-corrected chi connectivity index (χ1v) is 8.95. The van der Waals surface area contributed by atoms with Gasteiger partial charge in [0.15, 0.2) is 0 Å². The molecule has 0 radical (unpaired) electrons. The predicted octanol–water partition coefficient (Wildman–Crippen LogP) is 3.09. The monoisotopic (exact) mass is 353 g/mol. The molecular weight excluding hydrogens is 326 g/mol. The molecule has 0 heterocycles. The molecule has 26 heavy (non-hydrogen) atoms. The van der Waals surface area contributed by atoms with Gasteiger partial charge in [-0.1, -0.05) is 48.5 Å². The molecule has 0 aliphatic heterocycles. The molecule has 0 bridgehead atoms. The van der Waals surface area contributed by atoms with Gasteiger partial charge < -0.3 is 10.2 Å². The van der Waals surface area contributed by atoms with E-state index in [-0.39, 0.29) is 24.9 Å². The second-order valence-corrected chi connectivity index (χ2v) is 6.20. The number of amides is 2. The lowest BCUT2D eigenvalue weighted by molar-refractivity contribution is -0.132. The summed E-state index contributed by atoms with van der Waals surface area (Å²) in [7, 11) is 1.78. The standard InChI is InChI=1S/C21H27N3O2/c1-4-24(5-2)21(26)16-23(3)15-20(25)22-19-14-10-9-13-18(19)17-11-7-6-8-12-17/h6-14H,4-5,15-16H2,1-3H3,(H,22,25). The van der Waals surface area contributed by atoms with Gasteiger partial charge >= 0.3 is 0 Å². The summed E-state index contributed by atoms with van der Waals surface area (Å²) >= 11 is 0. The molecule has 0 saturated carbocycles. The summed E-state index contributed by atoms with van der Waals surface area (Å²) in [5, 5.41) is 2.96. The topological polar surface area (TPSA) is 52.7 Å². The molecule has 0 saturated heterocycles. The van der Waals surface area contributed by atoms with Crippen LogP contribution in [-0.2, 0) is 9.59 Å². The highest BCUT2D eigenvalue weighted by Gasteiger charge is 2.15. The zero-order chi connectivity index (χ0) is 18.9. The number of benzene rings is 2. The molecule has 0 atom stereocenters. The summed E-state index contributed by atoms with van der Waals surface area (Å²) in [6.07, 6.45) is 0. The van der Waals surface area contributed by atoms with Gasteiger partial charge in [-0.15, -0.1) is 0 Å². The second-order valence-electron chi connectivity index (χ2n) is 6.20. The van der Waals surface area contributed by atoms with E-state index < -0.39 is 0 Å². The van der Waals surface area contributed by atoms with Crippen LogP contribution >= 0.6 is 0 Å². The van der Waals surface area contributed by atoms with Crippen LogP contribution in [0.15, 0.2) is 54.6 Å². The summed E-state index contributed by atoms with van der Waals surface area (Å²) in [6.45, 7) is 5.66. The third-order valence-electron chi connectivity index (χ3n) is 4.22. The maximum Gasteiger partial charge on any atom is 0.238 e. The third-order valence-corrected chi connectivity index (χ3v) is 4.22. The molecule has 0 aliphatic rings. The normalized spacial score (nSPS) is 10.6. The number of anilines is 1. The van der Waals surface area contributed by atoms with Crippen molar-refractivity contribution in [2.24, 2.45) is 0 Å². The van der Waals surface area contributed by atoms with E-state index in [1.165, 1.54) is 0 Å². The number of para-hydroxylation sites is 1. The zero-order valence-electron chi connectivity index (χ0n) is 15.7. The Bertz CT molecular complexity index is 727. The second kappa shape index (κ2) is 9.73. The molecule has 2 aromatic carbocycles. The van der Waals surface area contributed by atoms with E-state index in [4.69, 9.17) is 0 Å². The SMILES string of the molecule is CCN(CC)C(=O)CN(C)CC(=O)Nc1ccccc1-c1ccccc1. The summed E-state index contributed by atoms with van der Waals surface area (Å²) in [6, 6.07) is 17.7. The van der Waals surface area contributed by atoms with Crippen LogP contribution in [0.4, 0.5) is 5.69 Å². The summed E-state index contributed by atoms with van der Waals surface area (Å²) in [5.41, 5.74) is 2.80. The molecule has 2 rings (SSSR count). The zero-order valence-corrected chi connectivity index (χ0v) is 15.7. The summed E-state index contributed by atoms with van der Waals surface area (Å²) in [4.78, 5) is 28.1. The number of carbonyl (C=O) groups is 2. The fraction of sp³-hybridized carbons (Fsp3) is 0.333. The highest BCUT2D eigenvalue weighted by molar-refractivity contribution is 5.96. The Morgan fingerprint density at radius 2 is 1.50 bits per heavy atom. The van der Waals surface area contributed by atoms with E-state index in [0.717, 1.165) is 16.8 Å². The van der Waals surface area contributed by atoms with Crippen LogP contribution in [-0.4, -0.2) is 54.8 Å². The highest BCUT2D eigenvalue weighted by atomic mass is 16.2. The lowest BCUT2D eigenvalue weighted by Gasteiger charge is -2.22. The van der Waals surface area contributed by atoms with Crippen molar-refractivity contribution in [3.05, 3.63) is 54.6 Å². The van der Waals surface area contributed by atoms with E-state index in [9.17, 15) is 9.59 Å². The van der Waals surface area contributed by atoms with E-state index in [2.05, 4.69) is 5.32 Å². The lowest BCUT2D eigenvalue weighted by atomic mass is 10.0. The van der Waals surface area contributed by atoms with E-state index in [1.54, 1.807) is 16.8 Å². The number of carbonyl (C=O) groups excluding carboxylic acids is 2. The van der Waals surface area contributed by atoms with E-state index in [1.807, 2.05) is 68.4 Å². The van der Waals surface area contributed by atoms with Crippen molar-refractivity contribution in [1.82, 2.24) is 9.80 Å². The molecule has 0 aromatic heterocycles. The van der Waals surface area contributed by atoms with Gasteiger partial charge in [0.1, 0.15) is 0 Å². The number of nitrogens with one attached hydrogen (secondary N) is 1. The minimum Gasteiger partial charge on any atom is -0.342 e. The van der Waals surface area contributed by atoms with Crippen molar-refractivity contribution in [3.8, 4) is 11.1 Å². The van der Waals surface area contributed by atoms with Crippen LogP contribution in [0.3, 0.4) is 0 Å². The van der Waals surface area contributed by atoms with Gasteiger partial charge in [0.2, 0.25) is 11.8 Å². The molecule has 138 valence electrons. The van der Waals surface area contributed by atoms with Crippen molar-refractivity contribution in [1.29, 1.82) is 0 Å². The smallest absolute Gasteiger partial charge is 0.238 e. The van der Waals surface area contributed by atoms with Crippen LogP contribution in [0.5, 0.6) is 0 Å². The number of hydrogen-bond donors (Lipinski definition) is 1. The number of hydrogen-bond acceptors (Lipinski definition) is 3. The maximum atomic E-state index is 12.4. The van der Waals surface area contributed by atoms with E-state index >= 15 is 0 Å². The fourth-order valence-corrected chi connectivity index (χ4v) is 2.86. The Hall–Kier alpha value is -2.66. The molecular formula is C21H27N3O2. The molecule has 5 nitrogen and oxygen atoms in total. The molecule has 5 heteroatoms. The summed E-state index contributed by atoms with van der Waals surface area (Å²) < 4.78 is 0. The van der Waals surface area contributed by atoms with Crippen LogP contribution in [0.25, 0.3) is 11.1 Å². The van der Waals surface area contributed by atoms with Gasteiger partial charge in [-0.2, -0.15) is 0 Å². The van der Waals surface area contributed by atoms with Gasteiger partial charge in [-0.3, -0.25) is 14.5 Å². The Morgan fingerprint density at radius 1 is 0.885 bits per heavy atom. The summed E-state index contributed by atoms with van der Waals surface area (Å²) in [5.74, 6) is -0.0989. The minimum absolute atomic E-state index is 0.0370. The van der Waals surface area contributed by atoms with Gasteiger partial charge in [0.25, 0.3) is 0 Å². The van der Waals surface area contributed by atoms with Crippen LogP contribution < -0.4 is 5.32 Å². The molecule has 0 unspecified atom stereocenters. The predicted molar refractivity (Wildman–Crippen MR) is 106 cm³/mol. The Labute approximate surface area is 155 Å². The lowest BCUT2D eigenvalue weighted by Crippen LogP contribution is -2.41. The molecule has 0 fully saturated rings. The van der Waals surface area contributed by atoms with Gasteiger partial charge in [0.05, 0.1) is 13.1 Å². The first-order chi connectivity index (χ1) is 12.5. The molecule has 0 spiro atoms. The van der Waals surface area contributed by atoms with Crippen LogP contribution in [0.2, 0.25) is 0 Å². The number of nitrogens with zero attached hydrogens (tertiary/aromatic N) is 2. The van der Waals surface area contributed by atoms with Gasteiger partial charge in [-0.05, 0) is 32.5 Å². The van der Waals surface area contributed by atoms with Crippen molar-refractivity contribution in [2.75, 3.05) is 38.5 Å². The average molecular weight is 353 g/mol. The van der Waals surface area contributed by atoms with Crippen molar-refractivity contribution >= 4 is 17.5 Å². The Balaban J connectivity index is 1.99. The highest BCUT2D eigenvalue weighted by Crippen LogP contribution is 2.27. The number of rotatable bonds is 8.